The van der Waals surface area contributed by atoms with Gasteiger partial charge in [-0.25, -0.2) is 9.97 Å². The Morgan fingerprint density at radius 3 is 2.61 bits per heavy atom. The van der Waals surface area contributed by atoms with E-state index in [9.17, 15) is 0 Å². The predicted octanol–water partition coefficient (Wildman–Crippen LogP) is 5.06. The fourth-order valence-electron chi connectivity index (χ4n) is 3.83. The number of nitrogens with one attached hydrogen (secondary N) is 2. The van der Waals surface area contributed by atoms with Gasteiger partial charge in [0.25, 0.3) is 0 Å². The molecule has 6 heterocycles. The summed E-state index contributed by atoms with van der Waals surface area (Å²) in [6.45, 7) is 2.09. The average molecular weight is 453 g/mol. The summed E-state index contributed by atoms with van der Waals surface area (Å²) >= 11 is 1.71. The van der Waals surface area contributed by atoms with Crippen LogP contribution in [-0.4, -0.2) is 49.2 Å². The molecule has 8 nitrogen and oxygen atoms in total. The monoisotopic (exact) mass is 452 g/mol. The molecule has 0 fully saturated rings. The summed E-state index contributed by atoms with van der Waals surface area (Å²) in [5, 5.41) is 7.60. The first-order valence-electron chi connectivity index (χ1n) is 10.5. The number of fused-ring (bicyclic) bond motifs is 2. The summed E-state index contributed by atoms with van der Waals surface area (Å²) in [4.78, 5) is 26.5. The zero-order valence-corrected chi connectivity index (χ0v) is 19.1. The van der Waals surface area contributed by atoms with Gasteiger partial charge in [-0.05, 0) is 43.3 Å². The molecule has 6 aromatic heterocycles. The lowest BCUT2D eigenvalue weighted by atomic mass is 10.1. The van der Waals surface area contributed by atoms with Gasteiger partial charge in [0.2, 0.25) is 0 Å². The van der Waals surface area contributed by atoms with Crippen LogP contribution in [0.4, 0.5) is 5.69 Å². The minimum atomic E-state index is 0.656. The van der Waals surface area contributed by atoms with Gasteiger partial charge in [0, 0.05) is 36.9 Å². The quantitative estimate of drug-likeness (QED) is 0.388. The first kappa shape index (κ1) is 19.6. The number of aryl methyl sites for hydroxylation is 1. The Bertz CT molecular complexity index is 1620. The number of aromatic amines is 2. The van der Waals surface area contributed by atoms with Crippen molar-refractivity contribution < 1.29 is 0 Å². The van der Waals surface area contributed by atoms with E-state index in [2.05, 4.69) is 50.3 Å². The molecular weight excluding hydrogens is 432 g/mol. The van der Waals surface area contributed by atoms with E-state index in [1.165, 1.54) is 4.88 Å². The summed E-state index contributed by atoms with van der Waals surface area (Å²) in [7, 11) is 3.99. The molecule has 0 amide bonds. The number of anilines is 1. The standard InChI is InChI=1S/C24H20N8S/c1-13-4-7-19(33-13)22-20-17(8-9-26-22)28-24(29-20)23-21-18(30-31-23)6-5-16(27-21)14-10-15(32(2)3)12-25-11-14/h4-12H,1-3H3,(H,28,29)(H,30,31). The zero-order valence-electron chi connectivity index (χ0n) is 18.3. The molecule has 0 aliphatic carbocycles. The van der Waals surface area contributed by atoms with Crippen LogP contribution in [0.2, 0.25) is 0 Å². The van der Waals surface area contributed by atoms with Gasteiger partial charge in [-0.15, -0.1) is 11.3 Å². The number of rotatable bonds is 4. The molecule has 0 spiro atoms. The molecule has 0 saturated heterocycles. The summed E-state index contributed by atoms with van der Waals surface area (Å²) in [6, 6.07) is 12.1. The second-order valence-corrected chi connectivity index (χ2v) is 9.33. The number of aromatic nitrogens is 7. The summed E-state index contributed by atoms with van der Waals surface area (Å²) in [5.41, 5.74) is 7.67. The van der Waals surface area contributed by atoms with Gasteiger partial charge in [-0.1, -0.05) is 0 Å². The van der Waals surface area contributed by atoms with E-state index in [0.29, 0.717) is 11.5 Å². The highest BCUT2D eigenvalue weighted by Gasteiger charge is 2.18. The van der Waals surface area contributed by atoms with Crippen molar-refractivity contribution in [1.29, 1.82) is 0 Å². The smallest absolute Gasteiger partial charge is 0.161 e. The van der Waals surface area contributed by atoms with Crippen LogP contribution in [0.3, 0.4) is 0 Å². The van der Waals surface area contributed by atoms with E-state index < -0.39 is 0 Å². The van der Waals surface area contributed by atoms with E-state index in [0.717, 1.165) is 49.6 Å². The van der Waals surface area contributed by atoms with Crippen LogP contribution < -0.4 is 4.90 Å². The van der Waals surface area contributed by atoms with Crippen LogP contribution in [-0.2, 0) is 0 Å². The highest BCUT2D eigenvalue weighted by molar-refractivity contribution is 7.15. The van der Waals surface area contributed by atoms with Crippen molar-refractivity contribution in [2.45, 2.75) is 6.92 Å². The van der Waals surface area contributed by atoms with Crippen LogP contribution in [0.15, 0.2) is 55.0 Å². The van der Waals surface area contributed by atoms with Crippen LogP contribution >= 0.6 is 11.3 Å². The molecule has 0 aliphatic heterocycles. The SMILES string of the molecule is Cc1ccc(-c2nccc3[nH]c(-c4n[nH]c5ccc(-c6cncc(N(C)C)c6)nc45)nc23)s1. The van der Waals surface area contributed by atoms with Crippen molar-refractivity contribution in [3.8, 4) is 33.3 Å². The summed E-state index contributed by atoms with van der Waals surface area (Å²) in [5.74, 6) is 0.656. The maximum absolute atomic E-state index is 4.91. The van der Waals surface area contributed by atoms with Crippen molar-refractivity contribution in [3.63, 3.8) is 0 Å². The Kier molecular flexibility index (Phi) is 4.44. The van der Waals surface area contributed by atoms with E-state index in [-0.39, 0.29) is 0 Å². The molecule has 0 bridgehead atoms. The Labute approximate surface area is 193 Å². The van der Waals surface area contributed by atoms with E-state index in [1.54, 1.807) is 17.5 Å². The molecule has 0 unspecified atom stereocenters. The molecule has 2 N–H and O–H groups in total. The molecule has 0 atom stereocenters. The molecule has 0 saturated carbocycles. The second-order valence-electron chi connectivity index (χ2n) is 8.04. The molecule has 0 aliphatic rings. The van der Waals surface area contributed by atoms with Gasteiger partial charge in [0.15, 0.2) is 11.5 Å². The third-order valence-electron chi connectivity index (χ3n) is 5.54. The number of hydrogen-bond acceptors (Lipinski definition) is 7. The molecule has 9 heteroatoms. The van der Waals surface area contributed by atoms with Crippen LogP contribution in [0.1, 0.15) is 4.88 Å². The fourth-order valence-corrected chi connectivity index (χ4v) is 4.69. The third-order valence-corrected chi connectivity index (χ3v) is 6.55. The normalized spacial score (nSPS) is 11.5. The van der Waals surface area contributed by atoms with Gasteiger partial charge in [0.05, 0.1) is 33.5 Å². The minimum absolute atomic E-state index is 0.656. The fraction of sp³-hybridized carbons (Fsp3) is 0.125. The molecule has 0 radical (unpaired) electrons. The molecule has 162 valence electrons. The van der Waals surface area contributed by atoms with Gasteiger partial charge in [-0.2, -0.15) is 5.10 Å². The van der Waals surface area contributed by atoms with E-state index >= 15 is 0 Å². The van der Waals surface area contributed by atoms with Crippen molar-refractivity contribution in [3.05, 3.63) is 59.9 Å². The van der Waals surface area contributed by atoms with Crippen LogP contribution in [0, 0.1) is 6.92 Å². The maximum Gasteiger partial charge on any atom is 0.161 e. The van der Waals surface area contributed by atoms with Crippen LogP contribution in [0.5, 0.6) is 0 Å². The number of H-pyrrole nitrogens is 2. The number of nitrogens with zero attached hydrogens (tertiary/aromatic N) is 6. The lowest BCUT2D eigenvalue weighted by Crippen LogP contribution is -2.08. The van der Waals surface area contributed by atoms with Crippen molar-refractivity contribution >= 4 is 39.1 Å². The highest BCUT2D eigenvalue weighted by atomic mass is 32.1. The Hall–Kier alpha value is -4.11. The number of pyridine rings is 3. The minimum Gasteiger partial charge on any atom is -0.376 e. The molecule has 6 rings (SSSR count). The lowest BCUT2D eigenvalue weighted by Gasteiger charge is -2.12. The van der Waals surface area contributed by atoms with Gasteiger partial charge >= 0.3 is 0 Å². The number of imidazole rings is 1. The first-order chi connectivity index (χ1) is 16.1. The topological polar surface area (TPSA) is 99.3 Å². The molecule has 0 aromatic carbocycles. The predicted molar refractivity (Wildman–Crippen MR) is 132 cm³/mol. The van der Waals surface area contributed by atoms with Gasteiger partial charge in [0.1, 0.15) is 16.7 Å². The summed E-state index contributed by atoms with van der Waals surface area (Å²) < 4.78 is 0. The van der Waals surface area contributed by atoms with E-state index in [4.69, 9.17) is 9.97 Å². The Morgan fingerprint density at radius 1 is 0.909 bits per heavy atom. The van der Waals surface area contributed by atoms with Crippen molar-refractivity contribution in [1.82, 2.24) is 35.1 Å². The van der Waals surface area contributed by atoms with Gasteiger partial charge in [-0.3, -0.25) is 15.1 Å². The Morgan fingerprint density at radius 2 is 1.79 bits per heavy atom. The first-order valence-corrected chi connectivity index (χ1v) is 11.3. The molecular formula is C24H20N8S. The third kappa shape index (κ3) is 3.33. The number of hydrogen-bond donors (Lipinski definition) is 2. The molecule has 33 heavy (non-hydrogen) atoms. The van der Waals surface area contributed by atoms with Crippen molar-refractivity contribution in [2.75, 3.05) is 19.0 Å². The molecule has 6 aromatic rings. The highest BCUT2D eigenvalue weighted by Crippen LogP contribution is 2.33. The lowest BCUT2D eigenvalue weighted by molar-refractivity contribution is 1.10. The van der Waals surface area contributed by atoms with Gasteiger partial charge < -0.3 is 9.88 Å². The van der Waals surface area contributed by atoms with E-state index in [1.807, 2.05) is 49.6 Å². The van der Waals surface area contributed by atoms with Crippen molar-refractivity contribution in [2.24, 2.45) is 0 Å². The van der Waals surface area contributed by atoms with Crippen LogP contribution in [0.25, 0.3) is 55.4 Å². The summed E-state index contributed by atoms with van der Waals surface area (Å²) in [6.07, 6.45) is 5.46. The Balaban J connectivity index is 1.48. The largest absolute Gasteiger partial charge is 0.376 e. The zero-order chi connectivity index (χ0) is 22.5. The maximum atomic E-state index is 4.91. The second kappa shape index (κ2) is 7.49. The number of thiophene rings is 1. The average Bonchev–Trinajstić information content (AvgIpc) is 3.55.